The number of para-hydroxylation sites is 2. The summed E-state index contributed by atoms with van der Waals surface area (Å²) in [6.07, 6.45) is 0.903. The van der Waals surface area contributed by atoms with Crippen LogP contribution in [-0.2, 0) is 14.3 Å². The molecule has 0 aliphatic carbocycles. The number of piperidine rings is 1. The summed E-state index contributed by atoms with van der Waals surface area (Å²) in [7, 11) is 1.64. The van der Waals surface area contributed by atoms with Gasteiger partial charge in [-0.2, -0.15) is 0 Å². The van der Waals surface area contributed by atoms with Crippen molar-refractivity contribution in [1.82, 2.24) is 10.2 Å². The first kappa shape index (κ1) is 23.6. The summed E-state index contributed by atoms with van der Waals surface area (Å²) in [6.45, 7) is 6.30. The summed E-state index contributed by atoms with van der Waals surface area (Å²) < 4.78 is 10.7. The molecule has 1 aliphatic heterocycles. The number of nitro benzene ring substituents is 1. The van der Waals surface area contributed by atoms with E-state index in [0.29, 0.717) is 19.5 Å². The van der Waals surface area contributed by atoms with E-state index in [-0.39, 0.29) is 36.0 Å². The van der Waals surface area contributed by atoms with E-state index in [1.807, 2.05) is 4.90 Å². The summed E-state index contributed by atoms with van der Waals surface area (Å²) in [4.78, 5) is 37.1. The van der Waals surface area contributed by atoms with E-state index in [2.05, 4.69) is 10.6 Å². The van der Waals surface area contributed by atoms with Crippen LogP contribution in [0.25, 0.3) is 0 Å². The molecule has 2 rings (SSSR count). The third-order valence-electron chi connectivity index (χ3n) is 4.73. The summed E-state index contributed by atoms with van der Waals surface area (Å²) in [5.41, 5.74) is -0.606. The van der Waals surface area contributed by atoms with Gasteiger partial charge >= 0.3 is 6.09 Å². The molecule has 2 atom stereocenters. The number of hydrogen-bond acceptors (Lipinski definition) is 7. The maximum atomic E-state index is 12.6. The number of benzene rings is 1. The number of amides is 2. The summed E-state index contributed by atoms with van der Waals surface area (Å²) in [6, 6.07) is 5.87. The molecule has 0 unspecified atom stereocenters. The first-order valence-corrected chi connectivity index (χ1v) is 9.86. The smallest absolute Gasteiger partial charge is 0.407 e. The van der Waals surface area contributed by atoms with Crippen LogP contribution in [0.3, 0.4) is 0 Å². The van der Waals surface area contributed by atoms with Crippen molar-refractivity contribution in [3.05, 3.63) is 34.4 Å². The number of rotatable bonds is 7. The van der Waals surface area contributed by atoms with E-state index >= 15 is 0 Å². The number of anilines is 1. The summed E-state index contributed by atoms with van der Waals surface area (Å²) in [5, 5.41) is 16.5. The quantitative estimate of drug-likeness (QED) is 0.511. The van der Waals surface area contributed by atoms with E-state index in [9.17, 15) is 19.7 Å². The Morgan fingerprint density at radius 3 is 2.63 bits per heavy atom. The lowest BCUT2D eigenvalue weighted by atomic mass is 9.99. The largest absolute Gasteiger partial charge is 0.444 e. The predicted octanol–water partition coefficient (Wildman–Crippen LogP) is 2.54. The van der Waals surface area contributed by atoms with Crippen LogP contribution in [0.2, 0.25) is 0 Å². The standard InChI is InChI=1S/C20H30N4O6/c1-20(2,3)30-19(26)21-12-14-11-15(29-4)9-10-23(14)13-18(25)22-16-7-5-6-8-17(16)24(27)28/h5-8,14-15H,9-13H2,1-4H3,(H,21,26)(H,22,25)/t14-,15-/m0/s1. The number of alkyl carbamates (subject to hydrolysis) is 1. The summed E-state index contributed by atoms with van der Waals surface area (Å²) in [5.74, 6) is -0.359. The van der Waals surface area contributed by atoms with E-state index in [4.69, 9.17) is 9.47 Å². The molecule has 1 fully saturated rings. The van der Waals surface area contributed by atoms with Crippen LogP contribution in [-0.4, -0.2) is 66.3 Å². The lowest BCUT2D eigenvalue weighted by Gasteiger charge is -2.38. The van der Waals surface area contributed by atoms with E-state index < -0.39 is 16.6 Å². The Hall–Kier alpha value is -2.72. The van der Waals surface area contributed by atoms with Crippen molar-refractivity contribution in [3.63, 3.8) is 0 Å². The maximum absolute atomic E-state index is 12.6. The van der Waals surface area contributed by atoms with Gasteiger partial charge in [0.25, 0.3) is 5.69 Å². The minimum Gasteiger partial charge on any atom is -0.444 e. The van der Waals surface area contributed by atoms with Crippen LogP contribution in [0, 0.1) is 10.1 Å². The normalized spacial score (nSPS) is 19.7. The zero-order valence-electron chi connectivity index (χ0n) is 17.8. The molecule has 0 radical (unpaired) electrons. The number of carbonyl (C=O) groups excluding carboxylic acids is 2. The second kappa shape index (κ2) is 10.4. The van der Waals surface area contributed by atoms with Crippen molar-refractivity contribution in [2.24, 2.45) is 0 Å². The fraction of sp³-hybridized carbons (Fsp3) is 0.600. The van der Waals surface area contributed by atoms with Crippen molar-refractivity contribution in [1.29, 1.82) is 0 Å². The van der Waals surface area contributed by atoms with E-state index in [1.165, 1.54) is 12.1 Å². The molecular weight excluding hydrogens is 392 g/mol. The molecule has 2 amide bonds. The summed E-state index contributed by atoms with van der Waals surface area (Å²) >= 11 is 0. The molecule has 1 heterocycles. The topological polar surface area (TPSA) is 123 Å². The minimum atomic E-state index is -0.602. The van der Waals surface area contributed by atoms with Gasteiger partial charge in [-0.05, 0) is 39.7 Å². The predicted molar refractivity (Wildman–Crippen MR) is 111 cm³/mol. The molecular formula is C20H30N4O6. The molecule has 0 spiro atoms. The van der Waals surface area contributed by atoms with Gasteiger partial charge in [0.2, 0.25) is 5.91 Å². The second-order valence-electron chi connectivity index (χ2n) is 8.21. The van der Waals surface area contributed by atoms with Crippen LogP contribution in [0.4, 0.5) is 16.2 Å². The van der Waals surface area contributed by atoms with Crippen molar-refractivity contribution in [2.75, 3.05) is 32.1 Å². The van der Waals surface area contributed by atoms with Gasteiger partial charge in [-0.1, -0.05) is 12.1 Å². The Morgan fingerprint density at radius 2 is 2.00 bits per heavy atom. The van der Waals surface area contributed by atoms with Crippen LogP contribution >= 0.6 is 0 Å². The van der Waals surface area contributed by atoms with Crippen molar-refractivity contribution in [2.45, 2.75) is 51.4 Å². The zero-order valence-corrected chi connectivity index (χ0v) is 17.8. The van der Waals surface area contributed by atoms with Crippen molar-refractivity contribution < 1.29 is 24.0 Å². The van der Waals surface area contributed by atoms with Gasteiger partial charge in [0.15, 0.2) is 0 Å². The molecule has 166 valence electrons. The molecule has 1 aliphatic rings. The molecule has 30 heavy (non-hydrogen) atoms. The Kier molecular flexibility index (Phi) is 8.13. The maximum Gasteiger partial charge on any atom is 0.407 e. The van der Waals surface area contributed by atoms with Crippen LogP contribution in [0.5, 0.6) is 0 Å². The van der Waals surface area contributed by atoms with Crippen LogP contribution in [0.1, 0.15) is 33.6 Å². The van der Waals surface area contributed by atoms with Gasteiger partial charge in [-0.15, -0.1) is 0 Å². The van der Waals surface area contributed by atoms with Gasteiger partial charge < -0.3 is 20.1 Å². The lowest BCUT2D eigenvalue weighted by molar-refractivity contribution is -0.383. The fourth-order valence-corrected chi connectivity index (χ4v) is 3.33. The Morgan fingerprint density at radius 1 is 1.30 bits per heavy atom. The first-order chi connectivity index (χ1) is 14.1. The molecule has 1 saturated heterocycles. The molecule has 0 aromatic heterocycles. The number of methoxy groups -OCH3 is 1. The van der Waals surface area contributed by atoms with Crippen molar-refractivity contribution >= 4 is 23.4 Å². The van der Waals surface area contributed by atoms with Crippen LogP contribution in [0.15, 0.2) is 24.3 Å². The average Bonchev–Trinajstić information content (AvgIpc) is 2.66. The second-order valence-corrected chi connectivity index (χ2v) is 8.21. The highest BCUT2D eigenvalue weighted by molar-refractivity contribution is 5.94. The molecule has 1 aromatic rings. The van der Waals surface area contributed by atoms with E-state index in [0.717, 1.165) is 6.42 Å². The number of nitro groups is 1. The van der Waals surface area contributed by atoms with Crippen LogP contribution < -0.4 is 10.6 Å². The minimum absolute atomic E-state index is 0.0324. The van der Waals surface area contributed by atoms with Gasteiger partial charge in [-0.3, -0.25) is 19.8 Å². The number of carbonyl (C=O) groups is 2. The number of nitrogens with zero attached hydrogens (tertiary/aromatic N) is 2. The Balaban J connectivity index is 1.99. The SMILES string of the molecule is CO[C@H]1CCN(CC(=O)Nc2ccccc2[N+](=O)[O-])[C@H](CNC(=O)OC(C)(C)C)C1. The third-order valence-corrected chi connectivity index (χ3v) is 4.73. The Labute approximate surface area is 176 Å². The highest BCUT2D eigenvalue weighted by atomic mass is 16.6. The van der Waals surface area contributed by atoms with Gasteiger partial charge in [0.1, 0.15) is 11.3 Å². The number of hydrogen-bond donors (Lipinski definition) is 2. The molecule has 1 aromatic carbocycles. The molecule has 2 N–H and O–H groups in total. The lowest BCUT2D eigenvalue weighted by Crippen LogP contribution is -2.52. The number of nitrogens with one attached hydrogen (secondary N) is 2. The fourth-order valence-electron chi connectivity index (χ4n) is 3.33. The van der Waals surface area contributed by atoms with Gasteiger partial charge in [-0.25, -0.2) is 4.79 Å². The monoisotopic (exact) mass is 422 g/mol. The number of likely N-dealkylation sites (tertiary alicyclic amines) is 1. The first-order valence-electron chi connectivity index (χ1n) is 9.86. The third kappa shape index (κ3) is 7.27. The molecule has 10 heteroatoms. The average molecular weight is 422 g/mol. The highest BCUT2D eigenvalue weighted by Gasteiger charge is 2.31. The molecule has 10 nitrogen and oxygen atoms in total. The van der Waals surface area contributed by atoms with E-state index in [1.54, 1.807) is 40.0 Å². The Bertz CT molecular complexity index is 764. The molecule has 0 saturated carbocycles. The highest BCUT2D eigenvalue weighted by Crippen LogP contribution is 2.24. The van der Waals surface area contributed by atoms with Gasteiger partial charge in [0.05, 0.1) is 17.6 Å². The zero-order chi connectivity index (χ0) is 22.3. The van der Waals surface area contributed by atoms with Gasteiger partial charge in [0, 0.05) is 32.3 Å². The molecule has 0 bridgehead atoms. The number of ether oxygens (including phenoxy) is 2. The van der Waals surface area contributed by atoms with Crippen molar-refractivity contribution in [3.8, 4) is 0 Å².